The molecule has 0 saturated carbocycles. The molecule has 1 aromatic carbocycles. The second-order valence-electron chi connectivity index (χ2n) is 6.98. The summed E-state index contributed by atoms with van der Waals surface area (Å²) in [6.07, 6.45) is -2.06. The summed E-state index contributed by atoms with van der Waals surface area (Å²) < 4.78 is 39.3. The zero-order valence-corrected chi connectivity index (χ0v) is 14.1. The molecule has 1 saturated heterocycles. The lowest BCUT2D eigenvalue weighted by Gasteiger charge is -2.32. The van der Waals surface area contributed by atoms with Gasteiger partial charge in [-0.1, -0.05) is 0 Å². The van der Waals surface area contributed by atoms with E-state index in [0.29, 0.717) is 40.6 Å². The first-order chi connectivity index (χ1) is 12.2. The molecule has 0 bridgehead atoms. The minimum atomic E-state index is -4.45. The van der Waals surface area contributed by atoms with Gasteiger partial charge in [-0.3, -0.25) is 10.2 Å². The molecule has 1 amide bonds. The van der Waals surface area contributed by atoms with E-state index in [1.807, 2.05) is 13.8 Å². The van der Waals surface area contributed by atoms with Crippen molar-refractivity contribution in [3.05, 3.63) is 30.1 Å². The third kappa shape index (κ3) is 2.54. The lowest BCUT2D eigenvalue weighted by atomic mass is 10.0. The molecule has 1 aliphatic rings. The predicted molar refractivity (Wildman–Crippen MR) is 90.2 cm³/mol. The fraction of sp³-hybridized carbons (Fsp3) is 0.353. The Morgan fingerprint density at radius 2 is 2.04 bits per heavy atom. The molecule has 2 N–H and O–H groups in total. The molecule has 0 atom stereocenters. The number of H-pyrrole nitrogens is 1. The maximum Gasteiger partial charge on any atom is 0.416 e. The molecule has 26 heavy (non-hydrogen) atoms. The number of benzene rings is 1. The van der Waals surface area contributed by atoms with Crippen LogP contribution in [0, 0.1) is 0 Å². The average molecular weight is 363 g/mol. The number of hydrazine groups is 1. The zero-order chi connectivity index (χ0) is 18.7. The van der Waals surface area contributed by atoms with Crippen LogP contribution < -0.4 is 5.43 Å². The molecule has 0 aliphatic carbocycles. The summed E-state index contributed by atoms with van der Waals surface area (Å²) in [6, 6.07) is 3.46. The van der Waals surface area contributed by atoms with Crippen LogP contribution in [0.5, 0.6) is 0 Å². The third-order valence-corrected chi connectivity index (χ3v) is 4.74. The summed E-state index contributed by atoms with van der Waals surface area (Å²) in [5.74, 6) is 0.210. The van der Waals surface area contributed by atoms with Crippen LogP contribution in [0.15, 0.2) is 24.5 Å². The molecule has 0 unspecified atom stereocenters. The molecule has 3 heterocycles. The van der Waals surface area contributed by atoms with Crippen molar-refractivity contribution in [3.63, 3.8) is 0 Å². The Labute approximate surface area is 146 Å². The van der Waals surface area contributed by atoms with Crippen molar-refractivity contribution in [1.29, 1.82) is 0 Å². The molecule has 9 heteroatoms. The number of hydrogen-bond donors (Lipinski definition) is 2. The minimum absolute atomic E-state index is 0.0856. The number of hydrogen-bond acceptors (Lipinski definition) is 4. The topological polar surface area (TPSA) is 73.9 Å². The van der Waals surface area contributed by atoms with E-state index in [2.05, 4.69) is 20.4 Å². The monoisotopic (exact) mass is 363 g/mol. The van der Waals surface area contributed by atoms with Crippen LogP contribution in [0.1, 0.15) is 32.3 Å². The van der Waals surface area contributed by atoms with Gasteiger partial charge in [-0.25, -0.2) is 15.0 Å². The first-order valence-corrected chi connectivity index (χ1v) is 8.10. The van der Waals surface area contributed by atoms with Crippen LogP contribution in [0.2, 0.25) is 0 Å². The van der Waals surface area contributed by atoms with E-state index in [9.17, 15) is 18.0 Å². The number of aromatic nitrogens is 3. The van der Waals surface area contributed by atoms with Crippen LogP contribution >= 0.6 is 0 Å². The molecule has 1 aliphatic heterocycles. The van der Waals surface area contributed by atoms with Gasteiger partial charge in [0.05, 0.1) is 16.5 Å². The Morgan fingerprint density at radius 3 is 2.69 bits per heavy atom. The van der Waals surface area contributed by atoms with E-state index in [0.717, 1.165) is 12.1 Å². The highest BCUT2D eigenvalue weighted by atomic mass is 19.4. The van der Waals surface area contributed by atoms with Crippen LogP contribution in [-0.2, 0) is 11.0 Å². The Morgan fingerprint density at radius 1 is 1.27 bits per heavy atom. The third-order valence-electron chi connectivity index (χ3n) is 4.74. The van der Waals surface area contributed by atoms with Gasteiger partial charge >= 0.3 is 6.18 Å². The van der Waals surface area contributed by atoms with Gasteiger partial charge in [0.2, 0.25) is 5.91 Å². The molecule has 2 aromatic heterocycles. The molecule has 4 rings (SSSR count). The quantitative estimate of drug-likeness (QED) is 0.725. The summed E-state index contributed by atoms with van der Waals surface area (Å²) >= 11 is 0. The second-order valence-corrected chi connectivity index (χ2v) is 6.98. The van der Waals surface area contributed by atoms with E-state index >= 15 is 0 Å². The molecule has 0 radical (unpaired) electrons. The largest absolute Gasteiger partial charge is 0.416 e. The fourth-order valence-corrected chi connectivity index (χ4v) is 3.28. The number of anilines is 1. The van der Waals surface area contributed by atoms with E-state index in [-0.39, 0.29) is 5.91 Å². The molecule has 1 fully saturated rings. The van der Waals surface area contributed by atoms with Crippen molar-refractivity contribution in [2.24, 2.45) is 0 Å². The smallest absolute Gasteiger partial charge is 0.339 e. The van der Waals surface area contributed by atoms with Crippen LogP contribution in [0.25, 0.3) is 21.9 Å². The number of nitrogens with zero attached hydrogens (tertiary/aromatic N) is 3. The van der Waals surface area contributed by atoms with Crippen molar-refractivity contribution < 1.29 is 18.0 Å². The van der Waals surface area contributed by atoms with Gasteiger partial charge < -0.3 is 4.98 Å². The molecule has 136 valence electrons. The van der Waals surface area contributed by atoms with E-state index in [1.165, 1.54) is 17.4 Å². The summed E-state index contributed by atoms with van der Waals surface area (Å²) in [5.41, 5.74) is 2.74. The number of fused-ring (bicyclic) bond motifs is 3. The minimum Gasteiger partial charge on any atom is -0.339 e. The number of rotatable bonds is 2. The van der Waals surface area contributed by atoms with Crippen molar-refractivity contribution in [2.75, 3.05) is 5.43 Å². The van der Waals surface area contributed by atoms with E-state index in [4.69, 9.17) is 0 Å². The number of carbonyl (C=O) groups excluding carboxylic acids is 1. The van der Waals surface area contributed by atoms with Gasteiger partial charge in [0.15, 0.2) is 5.82 Å². The summed E-state index contributed by atoms with van der Waals surface area (Å²) in [4.78, 5) is 23.4. The number of halogens is 3. The number of carbonyl (C=O) groups is 1. The standard InChI is InChI=1S/C17H16F3N5O/c1-16(2)6-5-12(26)25(16)24-15-13-10-7-9(17(18,19)20)3-4-11(10)23-14(13)21-8-22-15/h3-4,7-8H,5-6H2,1-2H3,(H2,21,22,23,24). The van der Waals surface area contributed by atoms with Crippen LogP contribution in [0.4, 0.5) is 19.0 Å². The first-order valence-electron chi connectivity index (χ1n) is 8.10. The van der Waals surface area contributed by atoms with Gasteiger partial charge in [-0.15, -0.1) is 0 Å². The predicted octanol–water partition coefficient (Wildman–Crippen LogP) is 3.86. The maximum atomic E-state index is 13.1. The SMILES string of the molecule is CC1(C)CCC(=O)N1Nc1ncnc2[nH]c3ccc(C(F)(F)F)cc3c12. The second kappa shape index (κ2) is 5.33. The van der Waals surface area contributed by atoms with Gasteiger partial charge in [-0.05, 0) is 38.5 Å². The highest BCUT2D eigenvalue weighted by Gasteiger charge is 2.38. The average Bonchev–Trinajstić information content (AvgIpc) is 3.06. The molecule has 0 spiro atoms. The lowest BCUT2D eigenvalue weighted by molar-refractivity contribution is -0.137. The highest BCUT2D eigenvalue weighted by Crippen LogP contribution is 2.36. The van der Waals surface area contributed by atoms with Crippen molar-refractivity contribution in [1.82, 2.24) is 20.0 Å². The van der Waals surface area contributed by atoms with E-state index < -0.39 is 17.3 Å². The van der Waals surface area contributed by atoms with Crippen LogP contribution in [0.3, 0.4) is 0 Å². The van der Waals surface area contributed by atoms with Crippen molar-refractivity contribution >= 4 is 33.7 Å². The maximum absolute atomic E-state index is 13.1. The number of alkyl halides is 3. The van der Waals surface area contributed by atoms with Gasteiger partial charge in [0.1, 0.15) is 12.0 Å². The lowest BCUT2D eigenvalue weighted by Crippen LogP contribution is -2.45. The number of amides is 1. The Kier molecular flexibility index (Phi) is 3.40. The summed E-state index contributed by atoms with van der Waals surface area (Å²) in [5, 5.41) is 2.26. The van der Waals surface area contributed by atoms with Crippen molar-refractivity contribution in [3.8, 4) is 0 Å². The van der Waals surface area contributed by atoms with Crippen LogP contribution in [-0.4, -0.2) is 31.4 Å². The highest BCUT2D eigenvalue weighted by molar-refractivity contribution is 6.11. The molecule has 3 aromatic rings. The fourth-order valence-electron chi connectivity index (χ4n) is 3.28. The normalized spacial score (nSPS) is 17.4. The molecular weight excluding hydrogens is 347 g/mol. The molecule has 6 nitrogen and oxygen atoms in total. The number of nitrogens with one attached hydrogen (secondary N) is 2. The number of aromatic amines is 1. The summed E-state index contributed by atoms with van der Waals surface area (Å²) in [7, 11) is 0. The van der Waals surface area contributed by atoms with Crippen molar-refractivity contribution in [2.45, 2.75) is 38.4 Å². The van der Waals surface area contributed by atoms with Gasteiger partial charge in [0, 0.05) is 17.3 Å². The van der Waals surface area contributed by atoms with Gasteiger partial charge in [0.25, 0.3) is 0 Å². The summed E-state index contributed by atoms with van der Waals surface area (Å²) in [6.45, 7) is 3.83. The molecular formula is C17H16F3N5O. The Balaban J connectivity index is 1.88. The Bertz CT molecular complexity index is 1020. The zero-order valence-electron chi connectivity index (χ0n) is 14.1. The van der Waals surface area contributed by atoms with E-state index in [1.54, 1.807) is 0 Å². The Hall–Kier alpha value is -2.84. The first kappa shape index (κ1) is 16.6. The van der Waals surface area contributed by atoms with Gasteiger partial charge in [-0.2, -0.15) is 13.2 Å².